The number of alkyl carbamates (subject to hydrolysis) is 1. The van der Waals surface area contributed by atoms with E-state index in [-0.39, 0.29) is 18.5 Å². The quantitative estimate of drug-likeness (QED) is 0.153. The lowest BCUT2D eigenvalue weighted by atomic mass is 9.97. The highest BCUT2D eigenvalue weighted by Gasteiger charge is 2.29. The van der Waals surface area contributed by atoms with Crippen LogP contribution in [0.5, 0.6) is 5.75 Å². The number of rotatable bonds is 11. The summed E-state index contributed by atoms with van der Waals surface area (Å²) in [6, 6.07) is 7.19. The van der Waals surface area contributed by atoms with Crippen molar-refractivity contribution >= 4 is 41.3 Å². The van der Waals surface area contributed by atoms with Crippen molar-refractivity contribution in [3.8, 4) is 5.75 Å². The Morgan fingerprint density at radius 3 is 2.18 bits per heavy atom. The summed E-state index contributed by atoms with van der Waals surface area (Å²) < 4.78 is 15.9. The fourth-order valence-corrected chi connectivity index (χ4v) is 4.40. The molecule has 0 saturated carbocycles. The smallest absolute Gasteiger partial charge is 0.407 e. The van der Waals surface area contributed by atoms with Gasteiger partial charge in [-0.05, 0) is 89.8 Å². The number of urea groups is 1. The third kappa shape index (κ3) is 11.9. The number of carbonyl (C=O) groups is 4. The molecule has 246 valence electrons. The number of methoxy groups -OCH3 is 1. The van der Waals surface area contributed by atoms with Crippen molar-refractivity contribution in [1.82, 2.24) is 16.0 Å². The second-order valence-corrected chi connectivity index (χ2v) is 12.6. The summed E-state index contributed by atoms with van der Waals surface area (Å²) in [5.41, 5.74) is -1.44. The molecule has 14 heteroatoms. The zero-order chi connectivity index (χ0) is 34.1. The largest absolute Gasteiger partial charge is 0.496 e. The number of carbonyl (C=O) groups excluding carboxylic acids is 4. The zero-order valence-electron chi connectivity index (χ0n) is 26.7. The van der Waals surface area contributed by atoms with Gasteiger partial charge in [0.05, 0.1) is 24.0 Å². The molecule has 45 heavy (non-hydrogen) atoms. The molecular formula is C31H41ClN4O9. The fourth-order valence-electron chi connectivity index (χ4n) is 4.20. The summed E-state index contributed by atoms with van der Waals surface area (Å²) in [7, 11) is 1.46. The van der Waals surface area contributed by atoms with Crippen LogP contribution in [0.15, 0.2) is 36.4 Å². The summed E-state index contributed by atoms with van der Waals surface area (Å²) in [6.07, 6.45) is -0.396. The number of nitrogens with zero attached hydrogens (tertiary/aromatic N) is 1. The van der Waals surface area contributed by atoms with Crippen LogP contribution >= 0.6 is 11.6 Å². The van der Waals surface area contributed by atoms with Crippen LogP contribution in [0.25, 0.3) is 0 Å². The van der Waals surface area contributed by atoms with Crippen molar-refractivity contribution < 1.29 is 38.3 Å². The number of ether oxygens (including phenoxy) is 3. The monoisotopic (exact) mass is 648 g/mol. The topological polar surface area (TPSA) is 175 Å². The van der Waals surface area contributed by atoms with Gasteiger partial charge in [-0.3, -0.25) is 20.2 Å². The zero-order valence-corrected chi connectivity index (χ0v) is 27.5. The number of amides is 4. The summed E-state index contributed by atoms with van der Waals surface area (Å²) in [5, 5.41) is 19.7. The van der Waals surface area contributed by atoms with E-state index in [1.807, 2.05) is 0 Å². The van der Waals surface area contributed by atoms with Gasteiger partial charge >= 0.3 is 18.1 Å². The Hall–Kier alpha value is -4.39. The first-order valence-corrected chi connectivity index (χ1v) is 14.6. The number of imide groups is 1. The Balaban J connectivity index is 2.26. The van der Waals surface area contributed by atoms with Gasteiger partial charge in [0, 0.05) is 17.6 Å². The van der Waals surface area contributed by atoms with Gasteiger partial charge in [0.1, 0.15) is 22.5 Å². The van der Waals surface area contributed by atoms with Crippen molar-refractivity contribution in [2.75, 3.05) is 13.7 Å². The van der Waals surface area contributed by atoms with Crippen LogP contribution in [0.1, 0.15) is 82.4 Å². The molecule has 0 saturated heterocycles. The molecule has 13 nitrogen and oxygen atoms in total. The maximum Gasteiger partial charge on any atom is 0.407 e. The molecule has 0 aromatic heterocycles. The molecule has 0 spiro atoms. The third-order valence-corrected chi connectivity index (χ3v) is 6.40. The van der Waals surface area contributed by atoms with Crippen LogP contribution in [-0.4, -0.2) is 53.8 Å². The molecule has 2 atom stereocenters. The standard InChI is InChI=1S/C31H41ClN4O9/c1-9-23(18-10-12-22(24(16-18)36(41)42)27(38)44-30(2,3)4)34-28(39)35-26(37)20(17-33-29(40)45-31(5,6)7)14-19-15-21(32)11-13-25(19)43-8/h10-13,15-16,20,23H,9,14,17H2,1-8H3,(H,33,40)(H2,34,35,37,39)/t20-,23-/m1/s1. The van der Waals surface area contributed by atoms with E-state index in [4.69, 9.17) is 25.8 Å². The van der Waals surface area contributed by atoms with Gasteiger partial charge in [-0.25, -0.2) is 14.4 Å². The van der Waals surface area contributed by atoms with Gasteiger partial charge in [-0.2, -0.15) is 0 Å². The van der Waals surface area contributed by atoms with Gasteiger partial charge in [0.25, 0.3) is 5.69 Å². The number of esters is 1. The van der Waals surface area contributed by atoms with Crippen molar-refractivity contribution in [3.05, 3.63) is 68.2 Å². The molecule has 2 rings (SSSR count). The Labute approximate surface area is 267 Å². The van der Waals surface area contributed by atoms with E-state index in [9.17, 15) is 29.3 Å². The van der Waals surface area contributed by atoms with Crippen molar-refractivity contribution in [1.29, 1.82) is 0 Å². The van der Waals surface area contributed by atoms with Crippen molar-refractivity contribution in [2.45, 2.75) is 78.6 Å². The summed E-state index contributed by atoms with van der Waals surface area (Å²) in [5.74, 6) is -2.06. The van der Waals surface area contributed by atoms with Crippen LogP contribution in [-0.2, 0) is 20.7 Å². The van der Waals surface area contributed by atoms with E-state index in [1.54, 1.807) is 66.7 Å². The average Bonchev–Trinajstić information content (AvgIpc) is 2.91. The van der Waals surface area contributed by atoms with Gasteiger partial charge in [0.2, 0.25) is 5.91 Å². The molecule has 0 fully saturated rings. The molecule has 0 aliphatic rings. The first kappa shape index (κ1) is 36.8. The molecule has 0 heterocycles. The van der Waals surface area contributed by atoms with E-state index in [2.05, 4.69) is 16.0 Å². The van der Waals surface area contributed by atoms with Crippen LogP contribution in [0.2, 0.25) is 5.02 Å². The minimum absolute atomic E-state index is 0.0498. The number of halogens is 1. The second kappa shape index (κ2) is 15.6. The molecule has 0 unspecified atom stereocenters. The molecule has 2 aromatic carbocycles. The Morgan fingerprint density at radius 1 is 0.978 bits per heavy atom. The number of nitro benzene ring substituents is 1. The fraction of sp³-hybridized carbons (Fsp3) is 0.484. The van der Waals surface area contributed by atoms with Gasteiger partial charge < -0.3 is 24.8 Å². The molecule has 3 N–H and O–H groups in total. The Kier molecular flexibility index (Phi) is 12.7. The maximum atomic E-state index is 13.3. The first-order chi connectivity index (χ1) is 20.8. The van der Waals surface area contributed by atoms with Gasteiger partial charge in [-0.15, -0.1) is 0 Å². The predicted molar refractivity (Wildman–Crippen MR) is 167 cm³/mol. The van der Waals surface area contributed by atoms with E-state index in [1.165, 1.54) is 25.3 Å². The van der Waals surface area contributed by atoms with Crippen molar-refractivity contribution in [2.24, 2.45) is 5.92 Å². The lowest BCUT2D eigenvalue weighted by molar-refractivity contribution is -0.385. The number of hydrogen-bond donors (Lipinski definition) is 3. The number of nitro groups is 1. The molecule has 2 aromatic rings. The molecule has 0 radical (unpaired) electrons. The predicted octanol–water partition coefficient (Wildman–Crippen LogP) is 5.87. The SMILES string of the molecule is CC[C@@H](NC(=O)NC(=O)[C@@H](CNC(=O)OC(C)(C)C)Cc1cc(Cl)ccc1OC)c1ccc(C(=O)OC(C)(C)C)c([N+](=O)[O-])c1. The number of benzene rings is 2. The van der Waals surface area contributed by atoms with Gasteiger partial charge in [-0.1, -0.05) is 24.6 Å². The lowest BCUT2D eigenvalue weighted by Gasteiger charge is -2.23. The summed E-state index contributed by atoms with van der Waals surface area (Å²) in [4.78, 5) is 62.3. The molecule has 0 aliphatic heterocycles. The molecule has 0 bridgehead atoms. The minimum Gasteiger partial charge on any atom is -0.496 e. The van der Waals surface area contributed by atoms with Crippen LogP contribution < -0.4 is 20.7 Å². The van der Waals surface area contributed by atoms with E-state index < -0.39 is 57.8 Å². The Morgan fingerprint density at radius 2 is 1.62 bits per heavy atom. The molecule has 4 amide bonds. The molecular weight excluding hydrogens is 608 g/mol. The minimum atomic E-state index is -0.954. The third-order valence-electron chi connectivity index (χ3n) is 6.16. The van der Waals surface area contributed by atoms with E-state index >= 15 is 0 Å². The molecule has 0 aliphatic carbocycles. The van der Waals surface area contributed by atoms with E-state index in [0.717, 1.165) is 0 Å². The van der Waals surface area contributed by atoms with E-state index in [0.29, 0.717) is 28.3 Å². The highest BCUT2D eigenvalue weighted by molar-refractivity contribution is 6.30. The highest BCUT2D eigenvalue weighted by atomic mass is 35.5. The normalized spacial score (nSPS) is 12.7. The first-order valence-electron chi connectivity index (χ1n) is 14.3. The highest BCUT2D eigenvalue weighted by Crippen LogP contribution is 2.28. The summed E-state index contributed by atoms with van der Waals surface area (Å²) in [6.45, 7) is 11.6. The van der Waals surface area contributed by atoms with Crippen LogP contribution in [0.3, 0.4) is 0 Å². The lowest BCUT2D eigenvalue weighted by Crippen LogP contribution is -2.47. The number of nitrogens with one attached hydrogen (secondary N) is 3. The second-order valence-electron chi connectivity index (χ2n) is 12.2. The maximum absolute atomic E-state index is 13.3. The van der Waals surface area contributed by atoms with Crippen molar-refractivity contribution in [3.63, 3.8) is 0 Å². The van der Waals surface area contributed by atoms with Crippen LogP contribution in [0, 0.1) is 16.0 Å². The van der Waals surface area contributed by atoms with Crippen LogP contribution in [0.4, 0.5) is 15.3 Å². The van der Waals surface area contributed by atoms with Gasteiger partial charge in [0.15, 0.2) is 0 Å². The number of hydrogen-bond acceptors (Lipinski definition) is 9. The Bertz CT molecular complexity index is 1420. The average molecular weight is 649 g/mol. The summed E-state index contributed by atoms with van der Waals surface area (Å²) >= 11 is 6.16.